The number of nitro benzene ring substituents is 1. The van der Waals surface area contributed by atoms with Gasteiger partial charge in [0.15, 0.2) is 0 Å². The molecule has 0 bridgehead atoms. The number of hydrogen-bond acceptors (Lipinski definition) is 6. The second kappa shape index (κ2) is 5.70. The fraction of sp³-hybridized carbons (Fsp3) is 0. The number of non-ortho nitro benzene ring substituents is 1. The molecule has 0 saturated carbocycles. The topological polar surface area (TPSA) is 113 Å². The van der Waals surface area contributed by atoms with Crippen LogP contribution in [0.15, 0.2) is 51.8 Å². The van der Waals surface area contributed by atoms with E-state index in [0.29, 0.717) is 0 Å². The largest absolute Gasteiger partial charge is 0.397 e. The molecule has 0 amide bonds. The summed E-state index contributed by atoms with van der Waals surface area (Å²) in [4.78, 5) is 9.63. The van der Waals surface area contributed by atoms with Gasteiger partial charge in [-0.15, -0.1) is 0 Å². The number of nitrogens with two attached hydrogens (primary N) is 1. The van der Waals surface area contributed by atoms with Crippen LogP contribution in [0.5, 0.6) is 5.75 Å². The first-order chi connectivity index (χ1) is 9.81. The maximum Gasteiger partial charge on any atom is 0.341 e. The van der Waals surface area contributed by atoms with Crippen LogP contribution >= 0.6 is 15.9 Å². The summed E-state index contributed by atoms with van der Waals surface area (Å²) < 4.78 is 29.4. The van der Waals surface area contributed by atoms with Crippen molar-refractivity contribution in [1.29, 1.82) is 0 Å². The van der Waals surface area contributed by atoms with Crippen LogP contribution in [-0.4, -0.2) is 13.3 Å². The Morgan fingerprint density at radius 3 is 2.38 bits per heavy atom. The monoisotopic (exact) mass is 372 g/mol. The maximum absolute atomic E-state index is 12.2. The molecule has 0 heterocycles. The van der Waals surface area contributed by atoms with Gasteiger partial charge in [-0.1, -0.05) is 18.2 Å². The molecular formula is C12H9BrN2O5S. The predicted molar refractivity (Wildman–Crippen MR) is 79.5 cm³/mol. The lowest BCUT2D eigenvalue weighted by molar-refractivity contribution is -0.385. The predicted octanol–water partition coefficient (Wildman–Crippen LogP) is 2.71. The molecule has 0 aliphatic heterocycles. The lowest BCUT2D eigenvalue weighted by Gasteiger charge is -2.10. The highest BCUT2D eigenvalue weighted by molar-refractivity contribution is 9.10. The Bertz CT molecular complexity index is 793. The van der Waals surface area contributed by atoms with Crippen LogP contribution < -0.4 is 9.92 Å². The summed E-state index contributed by atoms with van der Waals surface area (Å²) in [5.74, 6) is 0.0829. The average Bonchev–Trinajstić information content (AvgIpc) is 2.41. The van der Waals surface area contributed by atoms with Gasteiger partial charge < -0.3 is 9.92 Å². The van der Waals surface area contributed by atoms with Crippen molar-refractivity contribution in [3.05, 3.63) is 57.1 Å². The molecule has 0 aromatic heterocycles. The lowest BCUT2D eigenvalue weighted by Crippen LogP contribution is -2.13. The third-order valence-corrected chi connectivity index (χ3v) is 4.45. The normalized spacial score (nSPS) is 11.1. The minimum Gasteiger partial charge on any atom is -0.397 e. The van der Waals surface area contributed by atoms with E-state index in [0.717, 1.165) is 12.1 Å². The van der Waals surface area contributed by atoms with E-state index in [9.17, 15) is 18.5 Å². The first kappa shape index (κ1) is 15.3. The molecule has 9 heteroatoms. The highest BCUT2D eigenvalue weighted by atomic mass is 79.9. The molecule has 2 aromatic rings. The summed E-state index contributed by atoms with van der Waals surface area (Å²) in [6.07, 6.45) is 0. The highest BCUT2D eigenvalue weighted by Gasteiger charge is 2.25. The van der Waals surface area contributed by atoms with Gasteiger partial charge in [0, 0.05) is 16.6 Å². The van der Waals surface area contributed by atoms with Crippen molar-refractivity contribution in [2.45, 2.75) is 4.90 Å². The van der Waals surface area contributed by atoms with Crippen molar-refractivity contribution < 1.29 is 17.5 Å². The van der Waals surface area contributed by atoms with E-state index in [1.165, 1.54) is 12.1 Å². The lowest BCUT2D eigenvalue weighted by atomic mass is 10.3. The molecule has 0 aliphatic carbocycles. The summed E-state index contributed by atoms with van der Waals surface area (Å²) in [5, 5.41) is 10.8. The van der Waals surface area contributed by atoms with Crippen LogP contribution in [0.2, 0.25) is 0 Å². The SMILES string of the molecule is Nc1c(Br)cc([N+](=O)[O-])cc1S(=O)(=O)Oc1ccccc1. The van der Waals surface area contributed by atoms with Crippen molar-refractivity contribution in [3.63, 3.8) is 0 Å². The number of nitro groups is 1. The molecule has 110 valence electrons. The second-order valence-electron chi connectivity index (χ2n) is 3.95. The van der Waals surface area contributed by atoms with Gasteiger partial charge in [-0.3, -0.25) is 10.1 Å². The summed E-state index contributed by atoms with van der Waals surface area (Å²) in [6.45, 7) is 0. The molecule has 2 rings (SSSR count). The third kappa shape index (κ3) is 3.31. The van der Waals surface area contributed by atoms with Crippen molar-refractivity contribution in [2.24, 2.45) is 0 Å². The molecule has 0 fully saturated rings. The molecular weight excluding hydrogens is 364 g/mol. The van der Waals surface area contributed by atoms with E-state index < -0.39 is 25.6 Å². The Morgan fingerprint density at radius 2 is 1.81 bits per heavy atom. The summed E-state index contributed by atoms with van der Waals surface area (Å²) in [5.41, 5.74) is 5.10. The summed E-state index contributed by atoms with van der Waals surface area (Å²) in [6, 6.07) is 9.75. The van der Waals surface area contributed by atoms with Gasteiger partial charge in [0.2, 0.25) is 0 Å². The van der Waals surface area contributed by atoms with Crippen LogP contribution in [0, 0.1) is 10.1 Å². The van der Waals surface area contributed by atoms with Crippen LogP contribution in [0.1, 0.15) is 0 Å². The number of nitrogen functional groups attached to an aromatic ring is 1. The molecule has 2 N–H and O–H groups in total. The van der Waals surface area contributed by atoms with Crippen LogP contribution in [0.3, 0.4) is 0 Å². The van der Waals surface area contributed by atoms with E-state index in [4.69, 9.17) is 9.92 Å². The van der Waals surface area contributed by atoms with Gasteiger partial charge in [-0.2, -0.15) is 8.42 Å². The number of benzene rings is 2. The number of para-hydroxylation sites is 1. The fourth-order valence-electron chi connectivity index (χ4n) is 1.54. The smallest absolute Gasteiger partial charge is 0.341 e. The Hall–Kier alpha value is -2.13. The van der Waals surface area contributed by atoms with E-state index in [-0.39, 0.29) is 15.9 Å². The Kier molecular flexibility index (Phi) is 4.14. The van der Waals surface area contributed by atoms with E-state index in [1.54, 1.807) is 18.2 Å². The summed E-state index contributed by atoms with van der Waals surface area (Å²) in [7, 11) is -4.28. The molecule has 0 saturated heterocycles. The molecule has 0 spiro atoms. The van der Waals surface area contributed by atoms with E-state index in [1.807, 2.05) is 0 Å². The number of hydrogen-bond donors (Lipinski definition) is 1. The van der Waals surface area contributed by atoms with Crippen LogP contribution in [0.25, 0.3) is 0 Å². The third-order valence-electron chi connectivity index (χ3n) is 2.51. The van der Waals surface area contributed by atoms with Gasteiger partial charge in [0.25, 0.3) is 5.69 Å². The Morgan fingerprint density at radius 1 is 1.19 bits per heavy atom. The standard InChI is InChI=1S/C12H9BrN2O5S/c13-10-6-8(15(16)17)7-11(12(10)14)21(18,19)20-9-4-2-1-3-5-9/h1-7H,14H2. The number of anilines is 1. The average molecular weight is 373 g/mol. The van der Waals surface area contributed by atoms with Crippen molar-refractivity contribution in [3.8, 4) is 5.75 Å². The Labute approximate surface area is 128 Å². The van der Waals surface area contributed by atoms with Gasteiger partial charge in [-0.05, 0) is 28.1 Å². The van der Waals surface area contributed by atoms with Crippen molar-refractivity contribution in [2.75, 3.05) is 5.73 Å². The minimum absolute atomic E-state index is 0.0829. The van der Waals surface area contributed by atoms with Crippen LogP contribution in [0.4, 0.5) is 11.4 Å². The van der Waals surface area contributed by atoms with Gasteiger partial charge >= 0.3 is 10.1 Å². The maximum atomic E-state index is 12.2. The first-order valence-electron chi connectivity index (χ1n) is 5.54. The zero-order valence-corrected chi connectivity index (χ0v) is 12.8. The van der Waals surface area contributed by atoms with Crippen molar-refractivity contribution in [1.82, 2.24) is 0 Å². The highest BCUT2D eigenvalue weighted by Crippen LogP contribution is 2.33. The summed E-state index contributed by atoms with van der Waals surface area (Å²) >= 11 is 2.99. The van der Waals surface area contributed by atoms with Gasteiger partial charge in [-0.25, -0.2) is 0 Å². The van der Waals surface area contributed by atoms with E-state index >= 15 is 0 Å². The molecule has 21 heavy (non-hydrogen) atoms. The van der Waals surface area contributed by atoms with Gasteiger partial charge in [0.05, 0.1) is 10.6 Å². The molecule has 0 radical (unpaired) electrons. The number of nitrogens with zero attached hydrogens (tertiary/aromatic N) is 1. The molecule has 0 unspecified atom stereocenters. The first-order valence-corrected chi connectivity index (χ1v) is 7.74. The number of rotatable bonds is 4. The quantitative estimate of drug-likeness (QED) is 0.382. The van der Waals surface area contributed by atoms with Gasteiger partial charge in [0.1, 0.15) is 10.6 Å². The molecule has 0 aliphatic rings. The molecule has 7 nitrogen and oxygen atoms in total. The zero-order valence-electron chi connectivity index (χ0n) is 10.4. The zero-order chi connectivity index (χ0) is 15.6. The van der Waals surface area contributed by atoms with Crippen LogP contribution in [-0.2, 0) is 10.1 Å². The fourth-order valence-corrected chi connectivity index (χ4v) is 3.22. The molecule has 2 aromatic carbocycles. The van der Waals surface area contributed by atoms with Crippen molar-refractivity contribution >= 4 is 37.4 Å². The minimum atomic E-state index is -4.28. The molecule has 0 atom stereocenters. The second-order valence-corrected chi connectivity index (χ2v) is 6.32. The Balaban J connectivity index is 2.52. The van der Waals surface area contributed by atoms with E-state index in [2.05, 4.69) is 15.9 Å². The number of halogens is 1.